The molecule has 0 atom stereocenters. The van der Waals surface area contributed by atoms with E-state index in [0.29, 0.717) is 43.2 Å². The van der Waals surface area contributed by atoms with Crippen molar-refractivity contribution in [1.82, 2.24) is 24.7 Å². The third kappa shape index (κ3) is 4.01. The second-order valence-corrected chi connectivity index (χ2v) is 6.95. The van der Waals surface area contributed by atoms with Crippen molar-refractivity contribution in [2.75, 3.05) is 31.1 Å². The van der Waals surface area contributed by atoms with Gasteiger partial charge in [-0.15, -0.1) is 15.3 Å². The van der Waals surface area contributed by atoms with Crippen LogP contribution in [0.1, 0.15) is 17.0 Å². The van der Waals surface area contributed by atoms with Crippen LogP contribution in [0.3, 0.4) is 0 Å². The predicted octanol–water partition coefficient (Wildman–Crippen LogP) is 2.34. The molecular weight excluding hydrogens is 385 g/mol. The number of nitrogens with zero attached hydrogens (tertiary/aromatic N) is 6. The van der Waals surface area contributed by atoms with Gasteiger partial charge in [0.15, 0.2) is 11.5 Å². The number of halogens is 3. The number of aryl methyl sites for hydroxylation is 1. The molecule has 10 heteroatoms. The van der Waals surface area contributed by atoms with Crippen LogP contribution < -0.4 is 4.90 Å². The Balaban J connectivity index is 1.36. The maximum absolute atomic E-state index is 12.6. The van der Waals surface area contributed by atoms with Gasteiger partial charge in [0.1, 0.15) is 5.82 Å². The highest BCUT2D eigenvalue weighted by atomic mass is 19.4. The standard InChI is InChI=1S/C19H19F3N6O/c1-13-23-24-16-6-7-17(25-28(13)16)26-8-10-27(11-9-26)18(29)12-14-2-4-15(5-3-14)19(20,21)22/h2-7H,8-12H2,1H3. The minimum Gasteiger partial charge on any atom is -0.352 e. The number of alkyl halides is 3. The number of fused-ring (bicyclic) bond motifs is 1. The summed E-state index contributed by atoms with van der Waals surface area (Å²) < 4.78 is 39.6. The van der Waals surface area contributed by atoms with Crippen LogP contribution in [0.15, 0.2) is 36.4 Å². The zero-order valence-corrected chi connectivity index (χ0v) is 15.7. The van der Waals surface area contributed by atoms with Crippen LogP contribution in [0.5, 0.6) is 0 Å². The number of benzene rings is 1. The van der Waals surface area contributed by atoms with Gasteiger partial charge in [-0.2, -0.15) is 17.7 Å². The molecule has 7 nitrogen and oxygen atoms in total. The fourth-order valence-corrected chi connectivity index (χ4v) is 3.34. The maximum Gasteiger partial charge on any atom is 0.416 e. The van der Waals surface area contributed by atoms with Crippen LogP contribution in [0.25, 0.3) is 5.65 Å². The van der Waals surface area contributed by atoms with E-state index in [4.69, 9.17) is 0 Å². The van der Waals surface area contributed by atoms with Gasteiger partial charge >= 0.3 is 6.18 Å². The van der Waals surface area contributed by atoms with Crippen LogP contribution in [0.2, 0.25) is 0 Å². The van der Waals surface area contributed by atoms with Gasteiger partial charge in [-0.1, -0.05) is 12.1 Å². The largest absolute Gasteiger partial charge is 0.416 e. The molecule has 0 N–H and O–H groups in total. The number of amides is 1. The van der Waals surface area contributed by atoms with E-state index in [1.807, 2.05) is 19.1 Å². The fraction of sp³-hybridized carbons (Fsp3) is 0.368. The quantitative estimate of drug-likeness (QED) is 0.671. The first-order chi connectivity index (χ1) is 13.8. The molecule has 0 saturated carbocycles. The molecule has 1 fully saturated rings. The summed E-state index contributed by atoms with van der Waals surface area (Å²) >= 11 is 0. The molecule has 3 aromatic rings. The summed E-state index contributed by atoms with van der Waals surface area (Å²) in [5.41, 5.74) is 0.535. The normalized spacial score (nSPS) is 15.2. The number of anilines is 1. The molecule has 1 aliphatic rings. The van der Waals surface area contributed by atoms with Gasteiger partial charge in [0.05, 0.1) is 12.0 Å². The molecule has 29 heavy (non-hydrogen) atoms. The Morgan fingerprint density at radius 1 is 1.00 bits per heavy atom. The number of rotatable bonds is 3. The Morgan fingerprint density at radius 3 is 2.34 bits per heavy atom. The molecule has 0 aliphatic carbocycles. The fourth-order valence-electron chi connectivity index (χ4n) is 3.34. The number of aromatic nitrogens is 4. The van der Waals surface area contributed by atoms with E-state index in [-0.39, 0.29) is 12.3 Å². The van der Waals surface area contributed by atoms with Crippen molar-refractivity contribution in [1.29, 1.82) is 0 Å². The van der Waals surface area contributed by atoms with Crippen LogP contribution in [-0.2, 0) is 17.4 Å². The molecule has 1 amide bonds. The average Bonchev–Trinajstić information content (AvgIpc) is 3.08. The van der Waals surface area contributed by atoms with E-state index in [0.717, 1.165) is 18.0 Å². The minimum absolute atomic E-state index is 0.0856. The first-order valence-corrected chi connectivity index (χ1v) is 9.19. The molecule has 1 aromatic carbocycles. The lowest BCUT2D eigenvalue weighted by atomic mass is 10.1. The van der Waals surface area contributed by atoms with Gasteiger partial charge in [0.2, 0.25) is 5.91 Å². The molecule has 4 rings (SSSR count). The predicted molar refractivity (Wildman–Crippen MR) is 99.5 cm³/mol. The Morgan fingerprint density at radius 2 is 1.69 bits per heavy atom. The summed E-state index contributed by atoms with van der Waals surface area (Å²) in [5, 5.41) is 12.6. The average molecular weight is 404 g/mol. The molecule has 2 aromatic heterocycles. The SMILES string of the molecule is Cc1nnc2ccc(N3CCN(C(=O)Cc4ccc(C(F)(F)F)cc4)CC3)nn12. The smallest absolute Gasteiger partial charge is 0.352 e. The second-order valence-electron chi connectivity index (χ2n) is 6.95. The van der Waals surface area contributed by atoms with Crippen molar-refractivity contribution in [2.45, 2.75) is 19.5 Å². The molecule has 152 valence electrons. The number of hydrogen-bond acceptors (Lipinski definition) is 5. The Kier molecular flexibility index (Phi) is 4.85. The number of carbonyl (C=O) groups excluding carboxylic acids is 1. The monoisotopic (exact) mass is 404 g/mol. The topological polar surface area (TPSA) is 66.6 Å². The van der Waals surface area contributed by atoms with E-state index in [1.54, 1.807) is 9.42 Å². The Labute approximate surface area is 164 Å². The molecule has 1 saturated heterocycles. The van der Waals surface area contributed by atoms with Crippen molar-refractivity contribution in [3.63, 3.8) is 0 Å². The van der Waals surface area contributed by atoms with E-state index in [2.05, 4.69) is 20.2 Å². The van der Waals surface area contributed by atoms with Crippen molar-refractivity contribution in [2.24, 2.45) is 0 Å². The van der Waals surface area contributed by atoms with E-state index < -0.39 is 11.7 Å². The van der Waals surface area contributed by atoms with Gasteiger partial charge in [0, 0.05) is 26.2 Å². The lowest BCUT2D eigenvalue weighted by Gasteiger charge is -2.35. The number of hydrogen-bond donors (Lipinski definition) is 0. The van der Waals surface area contributed by atoms with Gasteiger partial charge in [-0.25, -0.2) is 0 Å². The highest BCUT2D eigenvalue weighted by Crippen LogP contribution is 2.29. The first-order valence-electron chi connectivity index (χ1n) is 9.19. The third-order valence-corrected chi connectivity index (χ3v) is 5.00. The number of piperazine rings is 1. The molecule has 0 radical (unpaired) electrons. The van der Waals surface area contributed by atoms with E-state index >= 15 is 0 Å². The van der Waals surface area contributed by atoms with Crippen molar-refractivity contribution < 1.29 is 18.0 Å². The van der Waals surface area contributed by atoms with Gasteiger partial charge < -0.3 is 9.80 Å². The molecule has 0 unspecified atom stereocenters. The summed E-state index contributed by atoms with van der Waals surface area (Å²) in [4.78, 5) is 16.3. The summed E-state index contributed by atoms with van der Waals surface area (Å²) in [6.45, 7) is 4.13. The minimum atomic E-state index is -4.37. The van der Waals surface area contributed by atoms with Crippen LogP contribution in [0, 0.1) is 6.92 Å². The molecular formula is C19H19F3N6O. The third-order valence-electron chi connectivity index (χ3n) is 5.00. The van der Waals surface area contributed by atoms with Gasteiger partial charge in [-0.05, 0) is 36.8 Å². The summed E-state index contributed by atoms with van der Waals surface area (Å²) in [6, 6.07) is 8.47. The second kappa shape index (κ2) is 7.34. The Bertz CT molecular complexity index is 1020. The van der Waals surface area contributed by atoms with Crippen LogP contribution in [-0.4, -0.2) is 56.8 Å². The zero-order chi connectivity index (χ0) is 20.6. The maximum atomic E-state index is 12.6. The van der Waals surface area contributed by atoms with Gasteiger partial charge in [0.25, 0.3) is 0 Å². The highest BCUT2D eigenvalue weighted by molar-refractivity contribution is 5.79. The van der Waals surface area contributed by atoms with Crippen LogP contribution in [0.4, 0.5) is 19.0 Å². The van der Waals surface area contributed by atoms with Crippen LogP contribution >= 0.6 is 0 Å². The number of carbonyl (C=O) groups is 1. The molecule has 0 bridgehead atoms. The van der Waals surface area contributed by atoms with Crippen molar-refractivity contribution >= 4 is 17.4 Å². The summed E-state index contributed by atoms with van der Waals surface area (Å²) in [5.74, 6) is 1.39. The van der Waals surface area contributed by atoms with E-state index in [9.17, 15) is 18.0 Å². The molecule has 1 aliphatic heterocycles. The summed E-state index contributed by atoms with van der Waals surface area (Å²) in [7, 11) is 0. The van der Waals surface area contributed by atoms with Crippen molar-refractivity contribution in [3.8, 4) is 0 Å². The Hall–Kier alpha value is -3.17. The first kappa shape index (κ1) is 19.2. The molecule has 3 heterocycles. The van der Waals surface area contributed by atoms with Crippen molar-refractivity contribution in [3.05, 3.63) is 53.3 Å². The lowest BCUT2D eigenvalue weighted by molar-refractivity contribution is -0.137. The zero-order valence-electron chi connectivity index (χ0n) is 15.7. The lowest BCUT2D eigenvalue weighted by Crippen LogP contribution is -2.49. The molecule has 0 spiro atoms. The van der Waals surface area contributed by atoms with Gasteiger partial charge in [-0.3, -0.25) is 4.79 Å². The highest BCUT2D eigenvalue weighted by Gasteiger charge is 2.30. The summed E-state index contributed by atoms with van der Waals surface area (Å²) in [6.07, 6.45) is -4.29. The van der Waals surface area contributed by atoms with E-state index in [1.165, 1.54) is 12.1 Å².